The van der Waals surface area contributed by atoms with Crippen molar-refractivity contribution in [2.75, 3.05) is 0 Å². The van der Waals surface area contributed by atoms with Crippen molar-refractivity contribution in [1.29, 1.82) is 0 Å². The van der Waals surface area contributed by atoms with Crippen LogP contribution >= 0.6 is 27.3 Å². The molecule has 0 spiro atoms. The number of ketones is 1. The van der Waals surface area contributed by atoms with Crippen molar-refractivity contribution in [1.82, 2.24) is 4.57 Å². The van der Waals surface area contributed by atoms with Gasteiger partial charge in [0.15, 0.2) is 10.6 Å². The van der Waals surface area contributed by atoms with Crippen LogP contribution in [-0.2, 0) is 4.79 Å². The molecule has 1 aliphatic heterocycles. The molecule has 5 nitrogen and oxygen atoms in total. The molecule has 2 aromatic carbocycles. The fourth-order valence-electron chi connectivity index (χ4n) is 4.02. The van der Waals surface area contributed by atoms with Gasteiger partial charge in [0.1, 0.15) is 23.4 Å². The van der Waals surface area contributed by atoms with Crippen LogP contribution in [0.2, 0.25) is 0 Å². The highest BCUT2D eigenvalue weighted by Crippen LogP contribution is 2.34. The van der Waals surface area contributed by atoms with Gasteiger partial charge in [0.2, 0.25) is 0 Å². The maximum absolute atomic E-state index is 13.5. The first-order chi connectivity index (χ1) is 16.3. The van der Waals surface area contributed by atoms with E-state index in [0.29, 0.717) is 37.7 Å². The molecule has 3 heterocycles. The van der Waals surface area contributed by atoms with Crippen LogP contribution in [-0.4, -0.2) is 10.4 Å². The van der Waals surface area contributed by atoms with E-state index in [1.165, 1.54) is 35.0 Å². The van der Waals surface area contributed by atoms with E-state index in [0.717, 1.165) is 10.0 Å². The van der Waals surface area contributed by atoms with Crippen molar-refractivity contribution in [3.8, 4) is 11.3 Å². The first-order valence-electron chi connectivity index (χ1n) is 10.5. The van der Waals surface area contributed by atoms with Crippen molar-refractivity contribution < 1.29 is 13.6 Å². The number of allylic oxidation sites excluding steroid dienone is 2. The lowest BCUT2D eigenvalue weighted by Gasteiger charge is -2.22. The fraction of sp³-hybridized carbons (Fsp3) is 0.115. The molecule has 0 saturated heterocycles. The minimum Gasteiger partial charge on any atom is -0.458 e. The fourth-order valence-corrected chi connectivity index (χ4v) is 5.33. The van der Waals surface area contributed by atoms with E-state index in [9.17, 15) is 14.0 Å². The minimum atomic E-state index is -0.728. The van der Waals surface area contributed by atoms with Crippen LogP contribution in [0.1, 0.15) is 31.2 Å². The molecule has 170 valence electrons. The maximum atomic E-state index is 13.5. The quantitative estimate of drug-likeness (QED) is 0.369. The zero-order valence-electron chi connectivity index (χ0n) is 18.2. The van der Waals surface area contributed by atoms with Crippen LogP contribution < -0.4 is 14.9 Å². The summed E-state index contributed by atoms with van der Waals surface area (Å²) >= 11 is 4.65. The predicted octanol–water partition coefficient (Wildman–Crippen LogP) is 4.99. The van der Waals surface area contributed by atoms with Gasteiger partial charge in [-0.1, -0.05) is 51.5 Å². The highest BCUT2D eigenvalue weighted by Gasteiger charge is 2.33. The first-order valence-corrected chi connectivity index (χ1v) is 12.1. The lowest BCUT2D eigenvalue weighted by atomic mass is 9.98. The lowest BCUT2D eigenvalue weighted by Crippen LogP contribution is -2.39. The van der Waals surface area contributed by atoms with E-state index < -0.39 is 6.04 Å². The molecular weight excluding hydrogens is 519 g/mol. The number of nitrogens with zero attached hydrogens (tertiary/aromatic N) is 2. The largest absolute Gasteiger partial charge is 0.458 e. The van der Waals surface area contributed by atoms with Crippen molar-refractivity contribution >= 4 is 39.1 Å². The summed E-state index contributed by atoms with van der Waals surface area (Å²) in [6.45, 7) is 3.23. The molecule has 4 aromatic rings. The highest BCUT2D eigenvalue weighted by atomic mass is 79.9. The Balaban J connectivity index is 1.68. The molecule has 0 unspecified atom stereocenters. The van der Waals surface area contributed by atoms with Crippen molar-refractivity contribution in [2.24, 2.45) is 4.99 Å². The second-order valence-corrected chi connectivity index (χ2v) is 9.82. The molecule has 2 aromatic heterocycles. The number of furan rings is 1. The van der Waals surface area contributed by atoms with Crippen LogP contribution in [0.3, 0.4) is 0 Å². The average molecular weight is 537 g/mol. The first kappa shape index (κ1) is 22.4. The summed E-state index contributed by atoms with van der Waals surface area (Å²) in [6, 6.07) is 16.5. The van der Waals surface area contributed by atoms with Gasteiger partial charge in [-0.2, -0.15) is 0 Å². The number of aromatic nitrogens is 1. The second-order valence-electron chi connectivity index (χ2n) is 7.90. The van der Waals surface area contributed by atoms with Gasteiger partial charge in [-0.05, 0) is 61.9 Å². The van der Waals surface area contributed by atoms with E-state index >= 15 is 0 Å². The lowest BCUT2D eigenvalue weighted by molar-refractivity contribution is -0.114. The monoisotopic (exact) mass is 536 g/mol. The van der Waals surface area contributed by atoms with Gasteiger partial charge in [-0.15, -0.1) is 0 Å². The van der Waals surface area contributed by atoms with Crippen LogP contribution in [0.15, 0.2) is 90.6 Å². The second kappa shape index (κ2) is 8.77. The normalized spacial score (nSPS) is 15.9. The van der Waals surface area contributed by atoms with Crippen LogP contribution in [0.25, 0.3) is 17.4 Å². The van der Waals surface area contributed by atoms with E-state index in [4.69, 9.17) is 4.42 Å². The number of halogens is 2. The molecular formula is C26H18BrFN2O3S. The summed E-state index contributed by atoms with van der Waals surface area (Å²) in [5, 5.41) is 0. The van der Waals surface area contributed by atoms with E-state index in [1.807, 2.05) is 30.3 Å². The third kappa shape index (κ3) is 4.03. The van der Waals surface area contributed by atoms with Gasteiger partial charge >= 0.3 is 0 Å². The van der Waals surface area contributed by atoms with Crippen LogP contribution in [0.4, 0.5) is 4.39 Å². The molecule has 0 aliphatic carbocycles. The van der Waals surface area contributed by atoms with Crippen molar-refractivity contribution in [3.63, 3.8) is 0 Å². The van der Waals surface area contributed by atoms with Crippen LogP contribution in [0, 0.1) is 5.82 Å². The number of Topliss-reactive ketones (excluding diaryl/α,β-unsaturated/α-hetero) is 1. The van der Waals surface area contributed by atoms with Crippen molar-refractivity contribution in [3.05, 3.63) is 113 Å². The number of fused-ring (bicyclic) bond motifs is 1. The summed E-state index contributed by atoms with van der Waals surface area (Å²) < 4.78 is 22.4. The van der Waals surface area contributed by atoms with Gasteiger partial charge in [-0.25, -0.2) is 9.38 Å². The van der Waals surface area contributed by atoms with E-state index in [1.54, 1.807) is 31.2 Å². The number of rotatable bonds is 4. The highest BCUT2D eigenvalue weighted by molar-refractivity contribution is 9.10. The maximum Gasteiger partial charge on any atom is 0.271 e. The molecule has 34 heavy (non-hydrogen) atoms. The third-order valence-electron chi connectivity index (χ3n) is 5.59. The van der Waals surface area contributed by atoms with Gasteiger partial charge in [-0.3, -0.25) is 14.2 Å². The number of thiazole rings is 1. The number of hydrogen-bond donors (Lipinski definition) is 0. The van der Waals surface area contributed by atoms with E-state index in [2.05, 4.69) is 20.9 Å². The smallest absolute Gasteiger partial charge is 0.271 e. The predicted molar refractivity (Wildman–Crippen MR) is 133 cm³/mol. The summed E-state index contributed by atoms with van der Waals surface area (Å²) in [6.07, 6.45) is 1.70. The van der Waals surface area contributed by atoms with E-state index in [-0.39, 0.29) is 17.2 Å². The Morgan fingerprint density at radius 2 is 1.82 bits per heavy atom. The zero-order chi connectivity index (χ0) is 24.0. The number of benzene rings is 2. The topological polar surface area (TPSA) is 64.6 Å². The minimum absolute atomic E-state index is 0.180. The summed E-state index contributed by atoms with van der Waals surface area (Å²) in [4.78, 5) is 31.2. The Bertz CT molecular complexity index is 1630. The Morgan fingerprint density at radius 1 is 1.12 bits per heavy atom. The SMILES string of the molecule is CC(=O)C1=C(C)N=c2s/c(=C/c3ccc(F)cc3)c(=O)n2[C@H]1c1ccc(-c2ccc(Br)cc2)o1. The summed E-state index contributed by atoms with van der Waals surface area (Å²) in [5.74, 6) is 0.584. The molecule has 1 aliphatic rings. The third-order valence-corrected chi connectivity index (χ3v) is 7.11. The number of hydrogen-bond acceptors (Lipinski definition) is 5. The Kier molecular flexibility index (Phi) is 5.79. The number of carbonyl (C=O) groups excluding carboxylic acids is 1. The van der Waals surface area contributed by atoms with Gasteiger partial charge < -0.3 is 4.42 Å². The van der Waals surface area contributed by atoms with Crippen molar-refractivity contribution in [2.45, 2.75) is 19.9 Å². The summed E-state index contributed by atoms with van der Waals surface area (Å²) in [5.41, 5.74) is 2.25. The standard InChI is InChI=1S/C26H18BrFN2O3S/c1-14-23(15(2)31)24(21-12-11-20(33-21)17-5-7-18(27)8-6-17)30-25(32)22(34-26(30)29-14)13-16-3-9-19(28)10-4-16/h3-13,24H,1-2H3/b22-13+/t24-/m0/s1. The zero-order valence-corrected chi connectivity index (χ0v) is 20.6. The Morgan fingerprint density at radius 3 is 2.50 bits per heavy atom. The molecule has 0 radical (unpaired) electrons. The summed E-state index contributed by atoms with van der Waals surface area (Å²) in [7, 11) is 0. The van der Waals surface area contributed by atoms with Gasteiger partial charge in [0.05, 0.1) is 4.53 Å². The molecule has 0 amide bonds. The number of carbonyl (C=O) groups is 1. The van der Waals surface area contributed by atoms with Gasteiger partial charge in [0.25, 0.3) is 5.56 Å². The van der Waals surface area contributed by atoms with Gasteiger partial charge in [0, 0.05) is 21.3 Å². The molecule has 1 atom stereocenters. The van der Waals surface area contributed by atoms with Crippen LogP contribution in [0.5, 0.6) is 0 Å². The molecule has 0 N–H and O–H groups in total. The molecule has 5 rings (SSSR count). The molecule has 8 heteroatoms. The average Bonchev–Trinajstić information content (AvgIpc) is 3.40. The Labute approximate surface area is 206 Å². The molecule has 0 bridgehead atoms. The molecule has 0 fully saturated rings. The Hall–Kier alpha value is -3.36. The molecule has 0 saturated carbocycles.